The van der Waals surface area contributed by atoms with Crippen LogP contribution in [-0.2, 0) is 0 Å². The molecule has 0 nitrogen and oxygen atoms in total. The molecule has 1 fully saturated rings. The summed E-state index contributed by atoms with van der Waals surface area (Å²) >= 11 is 0. The molecule has 0 amide bonds. The van der Waals surface area contributed by atoms with Gasteiger partial charge in [-0.2, -0.15) is 0 Å². The van der Waals surface area contributed by atoms with Gasteiger partial charge < -0.3 is 0 Å². The van der Waals surface area contributed by atoms with Crippen molar-refractivity contribution in [2.75, 3.05) is 0 Å². The minimum atomic E-state index is 0.573. The van der Waals surface area contributed by atoms with Gasteiger partial charge in [0.25, 0.3) is 0 Å². The van der Waals surface area contributed by atoms with Crippen molar-refractivity contribution in [3.05, 3.63) is 11.6 Å². The normalized spacial score (nSPS) is 20.5. The van der Waals surface area contributed by atoms with E-state index in [-0.39, 0.29) is 0 Å². The fraction of sp³-hybridized carbons (Fsp3) is 0.867. The van der Waals surface area contributed by atoms with Gasteiger partial charge in [0.05, 0.1) is 0 Å². The molecule has 0 heteroatoms. The zero-order chi connectivity index (χ0) is 11.5. The Balaban J connectivity index is 2.27. The summed E-state index contributed by atoms with van der Waals surface area (Å²) in [6.07, 6.45) is 9.44. The predicted molar refractivity (Wildman–Crippen MR) is 69.0 cm³/mol. The first-order chi connectivity index (χ1) is 6.94. The number of hydrogen-bond donors (Lipinski definition) is 0. The molecule has 0 bridgehead atoms. The number of allylic oxidation sites excluding steroid dienone is 2. The first-order valence-electron chi connectivity index (χ1n) is 6.57. The van der Waals surface area contributed by atoms with Crippen LogP contribution in [0.5, 0.6) is 0 Å². The van der Waals surface area contributed by atoms with Gasteiger partial charge in [0, 0.05) is 0 Å². The Hall–Kier alpha value is -0.260. The Kier molecular flexibility index (Phi) is 4.43. The van der Waals surface area contributed by atoms with Crippen molar-refractivity contribution < 1.29 is 0 Å². The van der Waals surface area contributed by atoms with E-state index in [9.17, 15) is 0 Å². The van der Waals surface area contributed by atoms with Gasteiger partial charge in [-0.3, -0.25) is 0 Å². The summed E-state index contributed by atoms with van der Waals surface area (Å²) in [5.74, 6) is 1.84. The Morgan fingerprint density at radius 3 is 2.47 bits per heavy atom. The van der Waals surface area contributed by atoms with Crippen molar-refractivity contribution in [2.24, 2.45) is 17.3 Å². The molecule has 1 aliphatic rings. The van der Waals surface area contributed by atoms with E-state index in [1.807, 2.05) is 0 Å². The lowest BCUT2D eigenvalue weighted by Crippen LogP contribution is -2.14. The lowest BCUT2D eigenvalue weighted by Gasteiger charge is -2.26. The SMILES string of the molecule is CC=C(C)C(C)CCC(C)(C)CC1CC1. The standard InChI is InChI=1S/C15H28/c1-6-12(2)13(3)9-10-15(4,5)11-14-7-8-14/h6,13-14H,7-11H2,1-5H3. The molecule has 0 spiro atoms. The van der Waals surface area contributed by atoms with E-state index in [1.165, 1.54) is 32.1 Å². The van der Waals surface area contributed by atoms with Gasteiger partial charge in [-0.1, -0.05) is 45.3 Å². The fourth-order valence-corrected chi connectivity index (χ4v) is 2.32. The van der Waals surface area contributed by atoms with Crippen LogP contribution >= 0.6 is 0 Å². The molecule has 0 saturated heterocycles. The molecule has 0 radical (unpaired) electrons. The molecule has 1 aliphatic carbocycles. The topological polar surface area (TPSA) is 0 Å². The van der Waals surface area contributed by atoms with Crippen LogP contribution in [0, 0.1) is 17.3 Å². The summed E-state index contributed by atoms with van der Waals surface area (Å²) in [6, 6.07) is 0. The van der Waals surface area contributed by atoms with E-state index in [4.69, 9.17) is 0 Å². The molecular weight excluding hydrogens is 180 g/mol. The Labute approximate surface area is 96.2 Å². The summed E-state index contributed by atoms with van der Waals surface area (Å²) in [6.45, 7) is 11.7. The van der Waals surface area contributed by atoms with Crippen molar-refractivity contribution >= 4 is 0 Å². The molecule has 1 atom stereocenters. The predicted octanol–water partition coefficient (Wildman–Crippen LogP) is 5.20. The van der Waals surface area contributed by atoms with E-state index < -0.39 is 0 Å². The quantitative estimate of drug-likeness (QED) is 0.527. The van der Waals surface area contributed by atoms with E-state index in [1.54, 1.807) is 5.57 Å². The zero-order valence-corrected chi connectivity index (χ0v) is 11.3. The molecule has 1 rings (SSSR count). The van der Waals surface area contributed by atoms with Gasteiger partial charge >= 0.3 is 0 Å². The first-order valence-corrected chi connectivity index (χ1v) is 6.57. The molecule has 1 saturated carbocycles. The zero-order valence-electron chi connectivity index (χ0n) is 11.3. The van der Waals surface area contributed by atoms with Gasteiger partial charge in [0.15, 0.2) is 0 Å². The van der Waals surface area contributed by atoms with Gasteiger partial charge in [0.1, 0.15) is 0 Å². The molecule has 0 aromatic carbocycles. The third-order valence-electron chi connectivity index (χ3n) is 4.02. The molecule has 0 aromatic heterocycles. The van der Waals surface area contributed by atoms with Crippen LogP contribution in [0.25, 0.3) is 0 Å². The molecule has 1 unspecified atom stereocenters. The highest BCUT2D eigenvalue weighted by molar-refractivity contribution is 5.00. The Morgan fingerprint density at radius 1 is 1.40 bits per heavy atom. The van der Waals surface area contributed by atoms with Crippen molar-refractivity contribution in [3.8, 4) is 0 Å². The van der Waals surface area contributed by atoms with Crippen LogP contribution in [0.15, 0.2) is 11.6 Å². The summed E-state index contributed by atoms with van der Waals surface area (Å²) in [7, 11) is 0. The summed E-state index contributed by atoms with van der Waals surface area (Å²) in [4.78, 5) is 0. The van der Waals surface area contributed by atoms with E-state index >= 15 is 0 Å². The minimum Gasteiger partial charge on any atom is -0.0885 e. The number of hydrogen-bond acceptors (Lipinski definition) is 0. The highest BCUT2D eigenvalue weighted by atomic mass is 14.4. The second-order valence-electron chi connectivity index (χ2n) is 6.28. The second kappa shape index (κ2) is 5.18. The maximum absolute atomic E-state index is 2.45. The largest absolute Gasteiger partial charge is 0.0885 e. The fourth-order valence-electron chi connectivity index (χ4n) is 2.32. The second-order valence-corrected chi connectivity index (χ2v) is 6.28. The van der Waals surface area contributed by atoms with Gasteiger partial charge in [-0.15, -0.1) is 0 Å². The summed E-state index contributed by atoms with van der Waals surface area (Å²) in [5.41, 5.74) is 2.13. The Morgan fingerprint density at radius 2 is 2.00 bits per heavy atom. The molecule has 0 N–H and O–H groups in total. The number of rotatable bonds is 6. The maximum Gasteiger partial charge on any atom is -0.0234 e. The molecule has 0 aromatic rings. The third kappa shape index (κ3) is 4.86. The van der Waals surface area contributed by atoms with Crippen LogP contribution in [-0.4, -0.2) is 0 Å². The molecule has 0 heterocycles. The molecule has 15 heavy (non-hydrogen) atoms. The monoisotopic (exact) mass is 208 g/mol. The first kappa shape index (κ1) is 12.8. The van der Waals surface area contributed by atoms with E-state index in [0.717, 1.165) is 11.8 Å². The smallest absolute Gasteiger partial charge is 0.0234 e. The maximum atomic E-state index is 2.45. The van der Waals surface area contributed by atoms with Gasteiger partial charge in [0.2, 0.25) is 0 Å². The molecule has 0 aliphatic heterocycles. The minimum absolute atomic E-state index is 0.573. The average molecular weight is 208 g/mol. The lowest BCUT2D eigenvalue weighted by atomic mass is 9.79. The average Bonchev–Trinajstić information content (AvgIpc) is 2.96. The third-order valence-corrected chi connectivity index (χ3v) is 4.02. The molecular formula is C15H28. The highest BCUT2D eigenvalue weighted by Crippen LogP contribution is 2.42. The van der Waals surface area contributed by atoms with Crippen molar-refractivity contribution in [1.82, 2.24) is 0 Å². The van der Waals surface area contributed by atoms with Crippen molar-refractivity contribution in [1.29, 1.82) is 0 Å². The van der Waals surface area contributed by atoms with Gasteiger partial charge in [-0.05, 0) is 50.4 Å². The summed E-state index contributed by atoms with van der Waals surface area (Å²) in [5, 5.41) is 0. The van der Waals surface area contributed by atoms with Crippen LogP contribution in [0.2, 0.25) is 0 Å². The van der Waals surface area contributed by atoms with E-state index in [2.05, 4.69) is 40.7 Å². The lowest BCUT2D eigenvalue weighted by molar-refractivity contribution is 0.270. The van der Waals surface area contributed by atoms with Crippen LogP contribution in [0.3, 0.4) is 0 Å². The van der Waals surface area contributed by atoms with Crippen molar-refractivity contribution in [3.63, 3.8) is 0 Å². The highest BCUT2D eigenvalue weighted by Gasteiger charge is 2.29. The van der Waals surface area contributed by atoms with Gasteiger partial charge in [-0.25, -0.2) is 0 Å². The van der Waals surface area contributed by atoms with Crippen molar-refractivity contribution in [2.45, 2.75) is 66.7 Å². The van der Waals surface area contributed by atoms with Crippen LogP contribution < -0.4 is 0 Å². The van der Waals surface area contributed by atoms with E-state index in [0.29, 0.717) is 5.41 Å². The molecule has 88 valence electrons. The van der Waals surface area contributed by atoms with Crippen LogP contribution in [0.1, 0.15) is 66.7 Å². The Bertz CT molecular complexity index is 218. The van der Waals surface area contributed by atoms with Crippen LogP contribution in [0.4, 0.5) is 0 Å². The summed E-state index contributed by atoms with van der Waals surface area (Å²) < 4.78 is 0.